The molecular formula is C21H20ClN3O4. The Kier molecular flexibility index (Phi) is 5.89. The number of halogens is 1. The van der Waals surface area contributed by atoms with Crippen molar-refractivity contribution in [3.05, 3.63) is 58.7 Å². The second kappa shape index (κ2) is 8.36. The normalized spacial score (nSPS) is 13.7. The molecule has 2 N–H and O–H groups in total. The first kappa shape index (κ1) is 20.4. The summed E-state index contributed by atoms with van der Waals surface area (Å²) in [6.07, 6.45) is 0. The standard InChI is InChI=1S/C21H20ClN3O4/c1-4-25-20(27)18(13-5-8-15(9-6-13)23-12(2)26)19(21(25)28)24-16-11-14(22)7-10-17(16)29-3/h5-11,24H,4H2,1-3H3,(H,23,26). The van der Waals surface area contributed by atoms with Crippen molar-refractivity contribution < 1.29 is 19.1 Å². The number of ether oxygens (including phenoxy) is 1. The molecule has 0 atom stereocenters. The van der Waals surface area contributed by atoms with Gasteiger partial charge in [0.25, 0.3) is 11.8 Å². The van der Waals surface area contributed by atoms with E-state index in [9.17, 15) is 14.4 Å². The zero-order chi connectivity index (χ0) is 21.1. The molecule has 0 fully saturated rings. The van der Waals surface area contributed by atoms with Crippen molar-refractivity contribution in [2.45, 2.75) is 13.8 Å². The summed E-state index contributed by atoms with van der Waals surface area (Å²) in [5.74, 6) is -0.539. The van der Waals surface area contributed by atoms with Crippen LogP contribution in [-0.4, -0.2) is 36.3 Å². The Morgan fingerprint density at radius 2 is 1.79 bits per heavy atom. The number of nitrogens with zero attached hydrogens (tertiary/aromatic N) is 1. The van der Waals surface area contributed by atoms with Crippen LogP contribution < -0.4 is 15.4 Å². The third-order valence-corrected chi connectivity index (χ3v) is 4.63. The number of anilines is 2. The number of carbonyl (C=O) groups is 3. The Morgan fingerprint density at radius 3 is 2.38 bits per heavy atom. The number of carbonyl (C=O) groups excluding carboxylic acids is 3. The molecule has 0 radical (unpaired) electrons. The molecular weight excluding hydrogens is 394 g/mol. The van der Waals surface area contributed by atoms with E-state index in [2.05, 4.69) is 10.6 Å². The molecule has 0 aliphatic carbocycles. The average molecular weight is 414 g/mol. The SMILES string of the molecule is CCN1C(=O)C(Nc2cc(Cl)ccc2OC)=C(c2ccc(NC(C)=O)cc2)C1=O. The van der Waals surface area contributed by atoms with Crippen molar-refractivity contribution in [2.24, 2.45) is 0 Å². The molecule has 29 heavy (non-hydrogen) atoms. The van der Waals surface area contributed by atoms with Gasteiger partial charge < -0.3 is 15.4 Å². The Balaban J connectivity index is 2.07. The summed E-state index contributed by atoms with van der Waals surface area (Å²) in [6.45, 7) is 3.38. The van der Waals surface area contributed by atoms with Crippen LogP contribution in [0.25, 0.3) is 5.57 Å². The molecule has 1 heterocycles. The fourth-order valence-corrected chi connectivity index (χ4v) is 3.26. The van der Waals surface area contributed by atoms with Crippen LogP contribution in [0.15, 0.2) is 48.2 Å². The second-order valence-electron chi connectivity index (χ2n) is 6.33. The fourth-order valence-electron chi connectivity index (χ4n) is 3.08. The minimum atomic E-state index is -0.430. The van der Waals surface area contributed by atoms with E-state index < -0.39 is 11.8 Å². The van der Waals surface area contributed by atoms with Crippen molar-refractivity contribution >= 4 is 46.3 Å². The van der Waals surface area contributed by atoms with Crippen molar-refractivity contribution in [1.82, 2.24) is 4.90 Å². The number of hydrogen-bond donors (Lipinski definition) is 2. The van der Waals surface area contributed by atoms with E-state index in [0.717, 1.165) is 4.90 Å². The highest BCUT2D eigenvalue weighted by Crippen LogP contribution is 2.34. The van der Waals surface area contributed by atoms with E-state index in [-0.39, 0.29) is 23.7 Å². The van der Waals surface area contributed by atoms with E-state index in [1.165, 1.54) is 14.0 Å². The molecule has 3 rings (SSSR count). The van der Waals surface area contributed by atoms with Gasteiger partial charge >= 0.3 is 0 Å². The molecule has 1 aliphatic heterocycles. The molecule has 1 aliphatic rings. The molecule has 8 heteroatoms. The van der Waals surface area contributed by atoms with Gasteiger partial charge in [0.2, 0.25) is 5.91 Å². The van der Waals surface area contributed by atoms with Gasteiger partial charge in [0, 0.05) is 24.2 Å². The Morgan fingerprint density at radius 1 is 1.10 bits per heavy atom. The van der Waals surface area contributed by atoms with E-state index in [1.54, 1.807) is 49.4 Å². The van der Waals surface area contributed by atoms with Gasteiger partial charge in [-0.25, -0.2) is 0 Å². The van der Waals surface area contributed by atoms with Gasteiger partial charge in [-0.2, -0.15) is 0 Å². The van der Waals surface area contributed by atoms with Gasteiger partial charge in [-0.1, -0.05) is 23.7 Å². The molecule has 0 bridgehead atoms. The maximum Gasteiger partial charge on any atom is 0.278 e. The fraction of sp³-hybridized carbons (Fsp3) is 0.190. The monoisotopic (exact) mass is 413 g/mol. The molecule has 7 nitrogen and oxygen atoms in total. The van der Waals surface area contributed by atoms with Crippen molar-refractivity contribution in [3.63, 3.8) is 0 Å². The lowest BCUT2D eigenvalue weighted by Gasteiger charge is -2.14. The van der Waals surface area contributed by atoms with Crippen LogP contribution in [0.2, 0.25) is 5.02 Å². The summed E-state index contributed by atoms with van der Waals surface area (Å²) in [5.41, 5.74) is 2.01. The van der Waals surface area contributed by atoms with Crippen LogP contribution in [0.3, 0.4) is 0 Å². The molecule has 0 saturated heterocycles. The number of rotatable bonds is 6. The number of nitrogens with one attached hydrogen (secondary N) is 2. The van der Waals surface area contributed by atoms with Gasteiger partial charge in [0.15, 0.2) is 0 Å². The van der Waals surface area contributed by atoms with Crippen LogP contribution in [0, 0.1) is 0 Å². The summed E-state index contributed by atoms with van der Waals surface area (Å²) < 4.78 is 5.33. The number of methoxy groups -OCH3 is 1. The third-order valence-electron chi connectivity index (χ3n) is 4.40. The summed E-state index contributed by atoms with van der Waals surface area (Å²) in [4.78, 5) is 38.2. The molecule has 150 valence electrons. The van der Waals surface area contributed by atoms with Crippen LogP contribution in [0.1, 0.15) is 19.4 Å². The van der Waals surface area contributed by atoms with Crippen LogP contribution in [-0.2, 0) is 14.4 Å². The first-order chi connectivity index (χ1) is 13.8. The molecule has 2 aromatic rings. The largest absolute Gasteiger partial charge is 0.495 e. The van der Waals surface area contributed by atoms with Crippen LogP contribution in [0.4, 0.5) is 11.4 Å². The minimum Gasteiger partial charge on any atom is -0.495 e. The smallest absolute Gasteiger partial charge is 0.278 e. The predicted molar refractivity (Wildman–Crippen MR) is 112 cm³/mol. The maximum absolute atomic E-state index is 12.9. The lowest BCUT2D eigenvalue weighted by Crippen LogP contribution is -2.32. The van der Waals surface area contributed by atoms with Crippen molar-refractivity contribution in [3.8, 4) is 5.75 Å². The van der Waals surface area contributed by atoms with E-state index in [0.29, 0.717) is 27.7 Å². The second-order valence-corrected chi connectivity index (χ2v) is 6.77. The molecule has 0 spiro atoms. The zero-order valence-corrected chi connectivity index (χ0v) is 17.0. The summed E-state index contributed by atoms with van der Waals surface area (Å²) in [7, 11) is 1.50. The van der Waals surface area contributed by atoms with E-state index in [4.69, 9.17) is 16.3 Å². The summed E-state index contributed by atoms with van der Waals surface area (Å²) in [6, 6.07) is 11.7. The maximum atomic E-state index is 12.9. The molecule has 3 amide bonds. The predicted octanol–water partition coefficient (Wildman–Crippen LogP) is 3.52. The van der Waals surface area contributed by atoms with Gasteiger partial charge in [0.1, 0.15) is 11.4 Å². The van der Waals surface area contributed by atoms with Gasteiger partial charge in [-0.05, 0) is 42.8 Å². The number of likely N-dealkylation sites (N-methyl/N-ethyl adjacent to an activating group) is 1. The van der Waals surface area contributed by atoms with E-state index >= 15 is 0 Å². The van der Waals surface area contributed by atoms with Crippen molar-refractivity contribution in [2.75, 3.05) is 24.3 Å². The molecule has 0 saturated carbocycles. The van der Waals surface area contributed by atoms with Gasteiger partial charge in [-0.3, -0.25) is 19.3 Å². The van der Waals surface area contributed by atoms with Crippen molar-refractivity contribution in [1.29, 1.82) is 0 Å². The zero-order valence-electron chi connectivity index (χ0n) is 16.2. The Hall–Kier alpha value is -3.32. The lowest BCUT2D eigenvalue weighted by atomic mass is 10.0. The number of amides is 3. The molecule has 2 aromatic carbocycles. The number of hydrogen-bond acceptors (Lipinski definition) is 5. The quantitative estimate of drug-likeness (QED) is 0.707. The minimum absolute atomic E-state index is 0.143. The lowest BCUT2D eigenvalue weighted by molar-refractivity contribution is -0.136. The van der Waals surface area contributed by atoms with Crippen LogP contribution >= 0.6 is 11.6 Å². The average Bonchev–Trinajstić information content (AvgIpc) is 2.91. The Bertz CT molecular complexity index is 1020. The van der Waals surface area contributed by atoms with Crippen LogP contribution in [0.5, 0.6) is 5.75 Å². The first-order valence-corrected chi connectivity index (χ1v) is 9.32. The highest BCUT2D eigenvalue weighted by atomic mass is 35.5. The topological polar surface area (TPSA) is 87.7 Å². The highest BCUT2D eigenvalue weighted by molar-refractivity contribution is 6.36. The third kappa shape index (κ3) is 4.09. The summed E-state index contributed by atoms with van der Waals surface area (Å²) in [5, 5.41) is 6.16. The molecule has 0 unspecified atom stereocenters. The highest BCUT2D eigenvalue weighted by Gasteiger charge is 2.38. The van der Waals surface area contributed by atoms with E-state index in [1.807, 2.05) is 0 Å². The van der Waals surface area contributed by atoms with Gasteiger partial charge in [-0.15, -0.1) is 0 Å². The Labute approximate surface area is 173 Å². The molecule has 0 aromatic heterocycles. The summed E-state index contributed by atoms with van der Waals surface area (Å²) >= 11 is 6.08. The number of benzene rings is 2. The van der Waals surface area contributed by atoms with Gasteiger partial charge in [0.05, 0.1) is 18.4 Å². The number of imide groups is 1. The first-order valence-electron chi connectivity index (χ1n) is 8.94.